The first-order valence-electron chi connectivity index (χ1n) is 3.31. The Hall–Kier alpha value is -0.330. The molecule has 0 bridgehead atoms. The molecule has 1 heteroatoms. The van der Waals surface area contributed by atoms with E-state index in [2.05, 4.69) is 25.6 Å². The molecule has 0 fully saturated rings. The number of hydrogen-bond acceptors (Lipinski definition) is 1. The second-order valence-electron chi connectivity index (χ2n) is 2.03. The summed E-state index contributed by atoms with van der Waals surface area (Å²) in [5, 5.41) is 0. The van der Waals surface area contributed by atoms with Gasteiger partial charge in [-0.15, -0.1) is 0 Å². The van der Waals surface area contributed by atoms with Gasteiger partial charge in [-0.3, -0.25) is 4.99 Å². The molecule has 1 unspecified atom stereocenters. The van der Waals surface area contributed by atoms with Crippen molar-refractivity contribution in [3.05, 3.63) is 0 Å². The van der Waals surface area contributed by atoms with Crippen molar-refractivity contribution >= 4 is 6.72 Å². The highest BCUT2D eigenvalue weighted by Crippen LogP contribution is 2.03. The monoisotopic (exact) mass is 113 g/mol. The fourth-order valence-electron chi connectivity index (χ4n) is 0.758. The molecular weight excluding hydrogens is 98.1 g/mol. The van der Waals surface area contributed by atoms with Crippen molar-refractivity contribution in [2.75, 3.05) is 0 Å². The van der Waals surface area contributed by atoms with Crippen molar-refractivity contribution in [1.82, 2.24) is 0 Å². The molecule has 0 spiro atoms. The van der Waals surface area contributed by atoms with Crippen LogP contribution >= 0.6 is 0 Å². The average Bonchev–Trinajstić information content (AvgIpc) is 1.83. The van der Waals surface area contributed by atoms with Gasteiger partial charge in [0.05, 0.1) is 0 Å². The molecule has 0 aliphatic heterocycles. The molecule has 0 radical (unpaired) electrons. The van der Waals surface area contributed by atoms with E-state index in [0.717, 1.165) is 6.42 Å². The van der Waals surface area contributed by atoms with Gasteiger partial charge in [-0.25, -0.2) is 0 Å². The minimum atomic E-state index is 0.514. The summed E-state index contributed by atoms with van der Waals surface area (Å²) in [5.74, 6) is 0. The second kappa shape index (κ2) is 4.82. The van der Waals surface area contributed by atoms with E-state index in [9.17, 15) is 0 Å². The standard InChI is InChI=1S/C7H15N/c1-4-6-7(5-2)8-3/h7H,3-6H2,1-2H3. The average molecular weight is 113 g/mol. The van der Waals surface area contributed by atoms with Crippen LogP contribution in [0.15, 0.2) is 4.99 Å². The zero-order valence-corrected chi connectivity index (χ0v) is 5.85. The predicted molar refractivity (Wildman–Crippen MR) is 38.5 cm³/mol. The summed E-state index contributed by atoms with van der Waals surface area (Å²) < 4.78 is 0. The van der Waals surface area contributed by atoms with E-state index in [-0.39, 0.29) is 0 Å². The molecular formula is C7H15N. The fourth-order valence-corrected chi connectivity index (χ4v) is 0.758. The van der Waals surface area contributed by atoms with Gasteiger partial charge in [0, 0.05) is 6.04 Å². The number of nitrogens with zero attached hydrogens (tertiary/aromatic N) is 1. The van der Waals surface area contributed by atoms with Crippen molar-refractivity contribution in [1.29, 1.82) is 0 Å². The molecule has 0 aromatic rings. The van der Waals surface area contributed by atoms with Gasteiger partial charge < -0.3 is 0 Å². The Balaban J connectivity index is 3.21. The van der Waals surface area contributed by atoms with Crippen LogP contribution in [0.5, 0.6) is 0 Å². The predicted octanol–water partition coefficient (Wildman–Crippen LogP) is 2.27. The molecule has 0 N–H and O–H groups in total. The van der Waals surface area contributed by atoms with Crippen LogP contribution in [0.1, 0.15) is 33.1 Å². The molecule has 0 aromatic carbocycles. The zero-order chi connectivity index (χ0) is 6.41. The SMILES string of the molecule is C=NC(CC)CCC. The molecule has 0 aliphatic rings. The van der Waals surface area contributed by atoms with Crippen molar-refractivity contribution in [3.8, 4) is 0 Å². The summed E-state index contributed by atoms with van der Waals surface area (Å²) in [6.45, 7) is 7.82. The maximum atomic E-state index is 3.95. The number of aliphatic imine (C=N–C) groups is 1. The topological polar surface area (TPSA) is 12.4 Å². The fraction of sp³-hybridized carbons (Fsp3) is 0.857. The molecule has 0 aliphatic carbocycles. The van der Waals surface area contributed by atoms with Gasteiger partial charge in [-0.05, 0) is 19.6 Å². The van der Waals surface area contributed by atoms with Crippen molar-refractivity contribution in [2.24, 2.45) is 4.99 Å². The van der Waals surface area contributed by atoms with E-state index in [1.807, 2.05) is 0 Å². The van der Waals surface area contributed by atoms with Crippen LogP contribution < -0.4 is 0 Å². The quantitative estimate of drug-likeness (QED) is 0.496. The van der Waals surface area contributed by atoms with Crippen molar-refractivity contribution in [2.45, 2.75) is 39.2 Å². The van der Waals surface area contributed by atoms with Crippen LogP contribution in [-0.4, -0.2) is 12.8 Å². The molecule has 48 valence electrons. The Bertz CT molecular complexity index is 59.4. The van der Waals surface area contributed by atoms with Gasteiger partial charge >= 0.3 is 0 Å². The highest BCUT2D eigenvalue weighted by atomic mass is 14.7. The maximum Gasteiger partial charge on any atom is 0.0489 e. The van der Waals surface area contributed by atoms with E-state index >= 15 is 0 Å². The number of hydrogen-bond donors (Lipinski definition) is 0. The molecule has 0 saturated carbocycles. The van der Waals surface area contributed by atoms with E-state index in [1.165, 1.54) is 12.8 Å². The molecule has 8 heavy (non-hydrogen) atoms. The van der Waals surface area contributed by atoms with Crippen LogP contribution in [0, 0.1) is 0 Å². The van der Waals surface area contributed by atoms with Gasteiger partial charge in [-0.2, -0.15) is 0 Å². The Morgan fingerprint density at radius 3 is 2.25 bits per heavy atom. The maximum absolute atomic E-state index is 3.95. The Kier molecular flexibility index (Phi) is 4.62. The Labute approximate surface area is 51.8 Å². The van der Waals surface area contributed by atoms with Gasteiger partial charge in [-0.1, -0.05) is 20.3 Å². The molecule has 1 atom stereocenters. The van der Waals surface area contributed by atoms with E-state index in [4.69, 9.17) is 0 Å². The van der Waals surface area contributed by atoms with Crippen LogP contribution in [0.2, 0.25) is 0 Å². The summed E-state index contributed by atoms with van der Waals surface area (Å²) in [7, 11) is 0. The first-order valence-corrected chi connectivity index (χ1v) is 3.31. The third-order valence-electron chi connectivity index (χ3n) is 1.35. The van der Waals surface area contributed by atoms with Crippen molar-refractivity contribution < 1.29 is 0 Å². The summed E-state index contributed by atoms with van der Waals surface area (Å²) in [5.41, 5.74) is 0. The molecule has 0 heterocycles. The lowest BCUT2D eigenvalue weighted by molar-refractivity contribution is 0.592. The van der Waals surface area contributed by atoms with Crippen LogP contribution in [0.25, 0.3) is 0 Å². The molecule has 0 saturated heterocycles. The molecule has 1 nitrogen and oxygen atoms in total. The van der Waals surface area contributed by atoms with Gasteiger partial charge in [0.2, 0.25) is 0 Å². The smallest absolute Gasteiger partial charge is 0.0489 e. The normalized spacial score (nSPS) is 13.2. The highest BCUT2D eigenvalue weighted by molar-refractivity contribution is 5.24. The minimum absolute atomic E-state index is 0.514. The third kappa shape index (κ3) is 2.78. The van der Waals surface area contributed by atoms with Gasteiger partial charge in [0.25, 0.3) is 0 Å². The molecule has 0 rings (SSSR count). The second-order valence-corrected chi connectivity index (χ2v) is 2.03. The van der Waals surface area contributed by atoms with Crippen LogP contribution in [0.4, 0.5) is 0 Å². The number of rotatable bonds is 4. The lowest BCUT2D eigenvalue weighted by atomic mass is 10.1. The lowest BCUT2D eigenvalue weighted by Crippen LogP contribution is -1.99. The van der Waals surface area contributed by atoms with Crippen LogP contribution in [-0.2, 0) is 0 Å². The van der Waals surface area contributed by atoms with E-state index in [0.29, 0.717) is 6.04 Å². The van der Waals surface area contributed by atoms with Gasteiger partial charge in [0.1, 0.15) is 0 Å². The first-order chi connectivity index (χ1) is 3.85. The molecule has 0 aromatic heterocycles. The summed E-state index contributed by atoms with van der Waals surface area (Å²) >= 11 is 0. The van der Waals surface area contributed by atoms with Crippen LogP contribution in [0.3, 0.4) is 0 Å². The summed E-state index contributed by atoms with van der Waals surface area (Å²) in [4.78, 5) is 3.95. The molecule has 0 amide bonds. The van der Waals surface area contributed by atoms with Gasteiger partial charge in [0.15, 0.2) is 0 Å². The zero-order valence-electron chi connectivity index (χ0n) is 5.85. The minimum Gasteiger partial charge on any atom is -0.298 e. The largest absolute Gasteiger partial charge is 0.298 e. The summed E-state index contributed by atoms with van der Waals surface area (Å²) in [6.07, 6.45) is 3.55. The highest BCUT2D eigenvalue weighted by Gasteiger charge is 1.97. The Morgan fingerprint density at radius 2 is 2.12 bits per heavy atom. The third-order valence-corrected chi connectivity index (χ3v) is 1.35. The van der Waals surface area contributed by atoms with Crippen molar-refractivity contribution in [3.63, 3.8) is 0 Å². The lowest BCUT2D eigenvalue weighted by Gasteiger charge is -2.04. The van der Waals surface area contributed by atoms with E-state index in [1.54, 1.807) is 0 Å². The first kappa shape index (κ1) is 7.67. The summed E-state index contributed by atoms with van der Waals surface area (Å²) in [6, 6.07) is 0.514. The van der Waals surface area contributed by atoms with E-state index < -0.39 is 0 Å². The Morgan fingerprint density at radius 1 is 1.50 bits per heavy atom.